The number of nitrogens with one attached hydrogen (secondary N) is 3. The Labute approximate surface area is 115 Å². The first-order valence-corrected chi connectivity index (χ1v) is 7.37. The van der Waals surface area contributed by atoms with Crippen molar-refractivity contribution in [3.8, 4) is 0 Å². The zero-order valence-corrected chi connectivity index (χ0v) is 11.9. The van der Waals surface area contributed by atoms with Gasteiger partial charge < -0.3 is 15.4 Å². The van der Waals surface area contributed by atoms with Gasteiger partial charge in [0.1, 0.15) is 0 Å². The molecule has 0 amide bonds. The average molecular weight is 266 g/mol. The van der Waals surface area contributed by atoms with Crippen molar-refractivity contribution in [3.05, 3.63) is 17.0 Å². The standard InChI is InChI=1S/C14H26N4O/c1-19-10-9-15-7-8-16-11-14-12-5-3-2-4-6-13(12)17-18-14/h15-16H,2-11H2,1H3,(H,17,18). The summed E-state index contributed by atoms with van der Waals surface area (Å²) in [4.78, 5) is 0. The Bertz CT molecular complexity index is 364. The summed E-state index contributed by atoms with van der Waals surface area (Å²) in [5.74, 6) is 0. The van der Waals surface area contributed by atoms with Crippen molar-refractivity contribution >= 4 is 0 Å². The summed E-state index contributed by atoms with van der Waals surface area (Å²) in [5.41, 5.74) is 4.05. The Morgan fingerprint density at radius 1 is 1.11 bits per heavy atom. The lowest BCUT2D eigenvalue weighted by atomic mass is 10.1. The molecule has 0 aromatic carbocycles. The van der Waals surface area contributed by atoms with Gasteiger partial charge >= 0.3 is 0 Å². The molecule has 1 heterocycles. The zero-order valence-electron chi connectivity index (χ0n) is 11.9. The lowest BCUT2D eigenvalue weighted by Gasteiger charge is -2.06. The van der Waals surface area contributed by atoms with E-state index in [0.29, 0.717) is 0 Å². The minimum atomic E-state index is 0.771. The lowest BCUT2D eigenvalue weighted by molar-refractivity contribution is 0.199. The summed E-state index contributed by atoms with van der Waals surface area (Å²) >= 11 is 0. The van der Waals surface area contributed by atoms with Gasteiger partial charge in [-0.3, -0.25) is 5.10 Å². The van der Waals surface area contributed by atoms with E-state index in [1.807, 2.05) is 0 Å². The number of methoxy groups -OCH3 is 1. The van der Waals surface area contributed by atoms with Gasteiger partial charge in [-0.2, -0.15) is 5.10 Å². The number of rotatable bonds is 8. The first-order chi connectivity index (χ1) is 9.42. The van der Waals surface area contributed by atoms with E-state index in [-0.39, 0.29) is 0 Å². The van der Waals surface area contributed by atoms with Crippen LogP contribution >= 0.6 is 0 Å². The number of hydrogen-bond acceptors (Lipinski definition) is 4. The number of aryl methyl sites for hydroxylation is 1. The van der Waals surface area contributed by atoms with E-state index >= 15 is 0 Å². The molecule has 0 fully saturated rings. The summed E-state index contributed by atoms with van der Waals surface area (Å²) < 4.78 is 4.98. The monoisotopic (exact) mass is 266 g/mol. The van der Waals surface area contributed by atoms with E-state index in [4.69, 9.17) is 4.74 Å². The van der Waals surface area contributed by atoms with Crippen molar-refractivity contribution in [2.24, 2.45) is 0 Å². The first-order valence-electron chi connectivity index (χ1n) is 7.37. The largest absolute Gasteiger partial charge is 0.383 e. The van der Waals surface area contributed by atoms with Gasteiger partial charge in [0.2, 0.25) is 0 Å². The van der Waals surface area contributed by atoms with Crippen LogP contribution in [0.1, 0.15) is 36.2 Å². The highest BCUT2D eigenvalue weighted by Gasteiger charge is 2.14. The summed E-state index contributed by atoms with van der Waals surface area (Å²) in [6.07, 6.45) is 6.30. The van der Waals surface area contributed by atoms with Gasteiger partial charge in [-0.05, 0) is 31.2 Å². The molecule has 0 saturated carbocycles. The van der Waals surface area contributed by atoms with Crippen LogP contribution in [0.3, 0.4) is 0 Å². The van der Waals surface area contributed by atoms with Gasteiger partial charge in [-0.25, -0.2) is 0 Å². The van der Waals surface area contributed by atoms with Crippen LogP contribution in [0.25, 0.3) is 0 Å². The van der Waals surface area contributed by atoms with Crippen LogP contribution in [0.15, 0.2) is 0 Å². The first kappa shape index (κ1) is 14.5. The predicted molar refractivity (Wildman–Crippen MR) is 76.3 cm³/mol. The number of ether oxygens (including phenoxy) is 1. The van der Waals surface area contributed by atoms with E-state index in [1.165, 1.54) is 49.1 Å². The third-order valence-electron chi connectivity index (χ3n) is 3.65. The predicted octanol–water partition coefficient (Wildman–Crippen LogP) is 1.00. The Morgan fingerprint density at radius 3 is 2.84 bits per heavy atom. The molecule has 0 aliphatic heterocycles. The van der Waals surface area contributed by atoms with Crippen LogP contribution in [-0.4, -0.2) is 43.5 Å². The molecule has 1 aliphatic carbocycles. The number of hydrogen-bond donors (Lipinski definition) is 3. The summed E-state index contributed by atoms with van der Waals surface area (Å²) in [5, 5.41) is 14.4. The fourth-order valence-corrected chi connectivity index (χ4v) is 2.56. The number of fused-ring (bicyclic) bond motifs is 1. The Morgan fingerprint density at radius 2 is 1.95 bits per heavy atom. The van der Waals surface area contributed by atoms with Gasteiger partial charge in [-0.15, -0.1) is 0 Å². The molecule has 1 aromatic heterocycles. The van der Waals surface area contributed by atoms with Gasteiger partial charge in [-0.1, -0.05) is 6.42 Å². The molecule has 0 bridgehead atoms. The van der Waals surface area contributed by atoms with Crippen molar-refractivity contribution in [1.29, 1.82) is 0 Å². The van der Waals surface area contributed by atoms with Crippen LogP contribution in [-0.2, 0) is 24.1 Å². The summed E-state index contributed by atoms with van der Waals surface area (Å²) in [6, 6.07) is 0. The van der Waals surface area contributed by atoms with Gasteiger partial charge in [0.15, 0.2) is 0 Å². The lowest BCUT2D eigenvalue weighted by Crippen LogP contribution is -2.29. The molecule has 3 N–H and O–H groups in total. The van der Waals surface area contributed by atoms with Crippen molar-refractivity contribution in [3.63, 3.8) is 0 Å². The second-order valence-electron chi connectivity index (χ2n) is 5.11. The molecule has 0 spiro atoms. The summed E-state index contributed by atoms with van der Waals surface area (Å²) in [7, 11) is 1.73. The topological polar surface area (TPSA) is 62.0 Å². The number of aromatic nitrogens is 2. The normalized spacial score (nSPS) is 15.2. The Hall–Kier alpha value is -0.910. The number of aromatic amines is 1. The summed E-state index contributed by atoms with van der Waals surface area (Å²) in [6.45, 7) is 4.49. The van der Waals surface area contributed by atoms with Crippen LogP contribution in [0.5, 0.6) is 0 Å². The van der Waals surface area contributed by atoms with Crippen LogP contribution < -0.4 is 10.6 Å². The fraction of sp³-hybridized carbons (Fsp3) is 0.786. The maximum Gasteiger partial charge on any atom is 0.0794 e. The van der Waals surface area contributed by atoms with Crippen molar-refractivity contribution in [1.82, 2.24) is 20.8 Å². The highest BCUT2D eigenvalue weighted by molar-refractivity contribution is 5.26. The number of H-pyrrole nitrogens is 1. The highest BCUT2D eigenvalue weighted by atomic mass is 16.5. The Kier molecular flexibility index (Phi) is 6.33. The molecule has 108 valence electrons. The van der Waals surface area contributed by atoms with Gasteiger partial charge in [0, 0.05) is 39.0 Å². The van der Waals surface area contributed by atoms with Crippen molar-refractivity contribution in [2.75, 3.05) is 33.4 Å². The van der Waals surface area contributed by atoms with E-state index in [0.717, 1.165) is 32.8 Å². The van der Waals surface area contributed by atoms with Crippen molar-refractivity contribution < 1.29 is 4.74 Å². The molecule has 0 saturated heterocycles. The second kappa shape index (κ2) is 8.30. The zero-order chi connectivity index (χ0) is 13.3. The second-order valence-corrected chi connectivity index (χ2v) is 5.11. The highest BCUT2D eigenvalue weighted by Crippen LogP contribution is 2.21. The number of nitrogens with zero attached hydrogens (tertiary/aromatic N) is 1. The third kappa shape index (κ3) is 4.60. The maximum absolute atomic E-state index is 4.98. The average Bonchev–Trinajstić information content (AvgIpc) is 2.66. The molecular weight excluding hydrogens is 240 g/mol. The molecule has 0 unspecified atom stereocenters. The maximum atomic E-state index is 4.98. The van der Waals surface area contributed by atoms with Gasteiger partial charge in [0.05, 0.1) is 12.3 Å². The van der Waals surface area contributed by atoms with Crippen LogP contribution in [0, 0.1) is 0 Å². The Balaban J connectivity index is 1.67. The molecule has 1 aliphatic rings. The smallest absolute Gasteiger partial charge is 0.0794 e. The van der Waals surface area contributed by atoms with Crippen LogP contribution in [0.2, 0.25) is 0 Å². The molecule has 5 nitrogen and oxygen atoms in total. The molecule has 0 atom stereocenters. The molecule has 2 rings (SSSR count). The molecule has 0 radical (unpaired) electrons. The fourth-order valence-electron chi connectivity index (χ4n) is 2.56. The molecule has 19 heavy (non-hydrogen) atoms. The minimum absolute atomic E-state index is 0.771. The van der Waals surface area contributed by atoms with Gasteiger partial charge in [0.25, 0.3) is 0 Å². The minimum Gasteiger partial charge on any atom is -0.383 e. The molecule has 1 aromatic rings. The van der Waals surface area contributed by atoms with E-state index in [1.54, 1.807) is 7.11 Å². The van der Waals surface area contributed by atoms with E-state index in [9.17, 15) is 0 Å². The van der Waals surface area contributed by atoms with Crippen LogP contribution in [0.4, 0.5) is 0 Å². The molecular formula is C14H26N4O. The molecule has 5 heteroatoms. The third-order valence-corrected chi connectivity index (χ3v) is 3.65. The van der Waals surface area contributed by atoms with E-state index in [2.05, 4.69) is 20.8 Å². The quantitative estimate of drug-likeness (QED) is 0.485. The SMILES string of the molecule is COCCNCCNCc1n[nH]c2c1CCCCC2. The van der Waals surface area contributed by atoms with E-state index < -0.39 is 0 Å². The van der Waals surface area contributed by atoms with Crippen molar-refractivity contribution in [2.45, 2.75) is 38.6 Å².